The molecular weight excluding hydrogens is 547 g/mol. The summed E-state index contributed by atoms with van der Waals surface area (Å²) in [4.78, 5) is 26.7. The molecule has 8 nitrogen and oxygen atoms in total. The topological polar surface area (TPSA) is 102 Å². The number of carbonyl (C=O) groups excluding carboxylic acids is 2. The molecule has 1 fully saturated rings. The Morgan fingerprint density at radius 2 is 1.95 bits per heavy atom. The summed E-state index contributed by atoms with van der Waals surface area (Å²) in [5.74, 6) is -5.17. The lowest BCUT2D eigenvalue weighted by atomic mass is 9.81. The van der Waals surface area contributed by atoms with Gasteiger partial charge in [0.25, 0.3) is 5.91 Å². The fraction of sp³-hybridized carbons (Fsp3) is 0.393. The number of aromatic nitrogens is 2. The summed E-state index contributed by atoms with van der Waals surface area (Å²) >= 11 is 6.23. The number of anilines is 1. The van der Waals surface area contributed by atoms with Crippen LogP contribution in [-0.2, 0) is 17.9 Å². The van der Waals surface area contributed by atoms with E-state index in [1.807, 2.05) is 10.6 Å². The van der Waals surface area contributed by atoms with Gasteiger partial charge in [-0.05, 0) is 49.1 Å². The molecule has 1 unspecified atom stereocenters. The molecule has 5 rings (SSSR count). The molecule has 12 heteroatoms. The largest absolute Gasteiger partial charge is 0.618 e. The summed E-state index contributed by atoms with van der Waals surface area (Å²) in [6, 6.07) is 7.72. The minimum atomic E-state index is -2.81. The van der Waals surface area contributed by atoms with Crippen LogP contribution in [0.5, 0.6) is 0 Å². The highest BCUT2D eigenvalue weighted by atomic mass is 35.5. The lowest BCUT2D eigenvalue weighted by Gasteiger charge is -2.33. The monoisotopic (exact) mass is 575 g/mol. The van der Waals surface area contributed by atoms with E-state index in [2.05, 4.69) is 16.0 Å². The normalized spacial score (nSPS) is 17.6. The molecule has 1 aromatic carbocycles. The zero-order valence-electron chi connectivity index (χ0n) is 21.8. The maximum atomic E-state index is 15.2. The number of alkyl halides is 2. The highest BCUT2D eigenvalue weighted by Crippen LogP contribution is 2.38. The van der Waals surface area contributed by atoms with Crippen LogP contribution in [0.1, 0.15) is 47.6 Å². The molecule has 2 aromatic heterocycles. The number of hydrogen-bond donors (Lipinski definition) is 3. The second-order valence-corrected chi connectivity index (χ2v) is 10.7. The van der Waals surface area contributed by atoms with Crippen LogP contribution in [0.3, 0.4) is 0 Å². The molecule has 0 bridgehead atoms. The average molecular weight is 576 g/mol. The molecule has 1 aliphatic heterocycles. The molecule has 0 radical (unpaired) electrons. The maximum Gasteiger partial charge on any atom is 0.268 e. The SMILES string of the molecule is Cc1c(-c2ccc(NC(=O)C(NC(=O)c3ccc4n3CCNC4)C3CCC(F)(F)CC3)cc2F)c(Cl)cc[n+]1[O-]. The van der Waals surface area contributed by atoms with Crippen molar-refractivity contribution in [1.82, 2.24) is 15.2 Å². The van der Waals surface area contributed by atoms with Gasteiger partial charge in [0.15, 0.2) is 11.9 Å². The van der Waals surface area contributed by atoms with Crippen molar-refractivity contribution >= 4 is 29.1 Å². The zero-order valence-corrected chi connectivity index (χ0v) is 22.5. The smallest absolute Gasteiger partial charge is 0.268 e. The van der Waals surface area contributed by atoms with Crippen LogP contribution in [0.4, 0.5) is 18.9 Å². The van der Waals surface area contributed by atoms with Crippen LogP contribution in [0.25, 0.3) is 11.1 Å². The van der Waals surface area contributed by atoms with Crippen molar-refractivity contribution in [2.45, 2.75) is 57.7 Å². The van der Waals surface area contributed by atoms with E-state index in [1.165, 1.54) is 31.3 Å². The first-order valence-corrected chi connectivity index (χ1v) is 13.5. The minimum Gasteiger partial charge on any atom is -0.618 e. The number of fused-ring (bicyclic) bond motifs is 1. The van der Waals surface area contributed by atoms with Crippen molar-refractivity contribution in [3.8, 4) is 11.1 Å². The van der Waals surface area contributed by atoms with Gasteiger partial charge in [-0.3, -0.25) is 9.59 Å². The summed E-state index contributed by atoms with van der Waals surface area (Å²) < 4.78 is 45.4. The highest BCUT2D eigenvalue weighted by Gasteiger charge is 2.40. The Balaban J connectivity index is 1.38. The third-order valence-corrected chi connectivity index (χ3v) is 8.03. The van der Waals surface area contributed by atoms with Gasteiger partial charge in [-0.15, -0.1) is 0 Å². The summed E-state index contributed by atoms with van der Waals surface area (Å²) in [5, 5.41) is 20.8. The molecule has 2 amide bonds. The van der Waals surface area contributed by atoms with Crippen LogP contribution in [0.15, 0.2) is 42.6 Å². The molecule has 212 valence electrons. The summed E-state index contributed by atoms with van der Waals surface area (Å²) in [6.07, 6.45) is 0.559. The molecule has 0 saturated heterocycles. The molecule has 1 atom stereocenters. The van der Waals surface area contributed by atoms with Gasteiger partial charge in [-0.25, -0.2) is 13.2 Å². The summed E-state index contributed by atoms with van der Waals surface area (Å²) in [5.41, 5.74) is 1.95. The number of amides is 2. The number of pyridine rings is 1. The van der Waals surface area contributed by atoms with Gasteiger partial charge in [-0.2, -0.15) is 4.73 Å². The molecule has 1 aliphatic carbocycles. The lowest BCUT2D eigenvalue weighted by molar-refractivity contribution is -0.611. The Labute approximate surface area is 234 Å². The van der Waals surface area contributed by atoms with Crippen molar-refractivity contribution in [1.29, 1.82) is 0 Å². The fourth-order valence-corrected chi connectivity index (χ4v) is 5.79. The first-order chi connectivity index (χ1) is 19.0. The van der Waals surface area contributed by atoms with E-state index in [-0.39, 0.29) is 53.2 Å². The van der Waals surface area contributed by atoms with E-state index in [0.29, 0.717) is 30.1 Å². The van der Waals surface area contributed by atoms with Crippen LogP contribution in [0, 0.1) is 23.9 Å². The van der Waals surface area contributed by atoms with E-state index >= 15 is 4.39 Å². The minimum absolute atomic E-state index is 0.0514. The first-order valence-electron chi connectivity index (χ1n) is 13.1. The lowest BCUT2D eigenvalue weighted by Crippen LogP contribution is -2.50. The van der Waals surface area contributed by atoms with Crippen LogP contribution in [0.2, 0.25) is 5.02 Å². The first kappa shape index (κ1) is 28.0. The molecule has 3 aromatic rings. The maximum absolute atomic E-state index is 15.2. The molecule has 2 aliphatic rings. The molecule has 40 heavy (non-hydrogen) atoms. The second kappa shape index (κ2) is 11.1. The predicted molar refractivity (Wildman–Crippen MR) is 143 cm³/mol. The number of nitrogens with zero attached hydrogens (tertiary/aromatic N) is 2. The van der Waals surface area contributed by atoms with E-state index in [0.717, 1.165) is 11.8 Å². The van der Waals surface area contributed by atoms with Crippen LogP contribution < -0.4 is 20.7 Å². The van der Waals surface area contributed by atoms with Gasteiger partial charge in [0.05, 0.1) is 10.6 Å². The standard InChI is InChI=1S/C28H29ClF3N5O3/c1-16-24(21(29)8-12-37(16)40)20-4-2-18(14-22(20)30)34-27(39)25(17-6-9-28(31,32)10-7-17)35-26(38)23-5-3-19-15-33-11-13-36(19)23/h2-5,8,12,14,17,25,33H,6-7,9-11,13,15H2,1H3,(H,34,39)(H,35,38). The number of benzene rings is 1. The Kier molecular flexibility index (Phi) is 7.78. The van der Waals surface area contributed by atoms with Crippen molar-refractivity contribution < 1.29 is 27.5 Å². The predicted octanol–water partition coefficient (Wildman–Crippen LogP) is 4.56. The zero-order chi connectivity index (χ0) is 28.6. The van der Waals surface area contributed by atoms with E-state index in [4.69, 9.17) is 11.6 Å². The van der Waals surface area contributed by atoms with Crippen LogP contribution >= 0.6 is 11.6 Å². The quantitative estimate of drug-likeness (QED) is 0.296. The van der Waals surface area contributed by atoms with E-state index < -0.39 is 35.5 Å². The third-order valence-electron chi connectivity index (χ3n) is 7.72. The van der Waals surface area contributed by atoms with Gasteiger partial charge in [0.1, 0.15) is 17.6 Å². The van der Waals surface area contributed by atoms with Gasteiger partial charge in [0, 0.05) is 62.4 Å². The number of halogens is 4. The summed E-state index contributed by atoms with van der Waals surface area (Å²) in [7, 11) is 0. The number of carbonyl (C=O) groups is 2. The number of hydrogen-bond acceptors (Lipinski definition) is 4. The number of nitrogens with one attached hydrogen (secondary N) is 3. The Hall–Kier alpha value is -3.57. The van der Waals surface area contributed by atoms with Crippen molar-refractivity contribution in [3.05, 3.63) is 75.7 Å². The second-order valence-electron chi connectivity index (χ2n) is 10.3. The van der Waals surface area contributed by atoms with Crippen molar-refractivity contribution in [2.24, 2.45) is 5.92 Å². The molecular formula is C28H29ClF3N5O3. The third kappa shape index (κ3) is 5.66. The van der Waals surface area contributed by atoms with E-state index in [9.17, 15) is 23.6 Å². The number of rotatable bonds is 6. The van der Waals surface area contributed by atoms with Gasteiger partial charge in [0.2, 0.25) is 11.8 Å². The average Bonchev–Trinajstić information content (AvgIpc) is 3.35. The van der Waals surface area contributed by atoms with E-state index in [1.54, 1.807) is 6.07 Å². The summed E-state index contributed by atoms with van der Waals surface area (Å²) in [6.45, 7) is 3.40. The van der Waals surface area contributed by atoms with Gasteiger partial charge < -0.3 is 25.7 Å². The molecule has 3 N–H and O–H groups in total. The van der Waals surface area contributed by atoms with Gasteiger partial charge in [-0.1, -0.05) is 11.6 Å². The highest BCUT2D eigenvalue weighted by molar-refractivity contribution is 6.33. The van der Waals surface area contributed by atoms with Crippen molar-refractivity contribution in [2.75, 3.05) is 11.9 Å². The Morgan fingerprint density at radius 3 is 2.67 bits per heavy atom. The molecule has 1 saturated carbocycles. The van der Waals surface area contributed by atoms with Crippen molar-refractivity contribution in [3.63, 3.8) is 0 Å². The Bertz CT molecular complexity index is 1450. The fourth-order valence-electron chi connectivity index (χ4n) is 5.49. The Morgan fingerprint density at radius 1 is 1.20 bits per heavy atom. The molecule has 0 spiro atoms. The van der Waals surface area contributed by atoms with Gasteiger partial charge >= 0.3 is 0 Å². The molecule has 3 heterocycles. The van der Waals surface area contributed by atoms with Crippen LogP contribution in [-0.4, -0.2) is 34.9 Å².